The topological polar surface area (TPSA) is 76.4 Å². The predicted molar refractivity (Wildman–Crippen MR) is 120 cm³/mol. The summed E-state index contributed by atoms with van der Waals surface area (Å²) in [7, 11) is 0. The van der Waals surface area contributed by atoms with Gasteiger partial charge in [0.15, 0.2) is 0 Å². The summed E-state index contributed by atoms with van der Waals surface area (Å²) in [6.07, 6.45) is 1.97. The van der Waals surface area contributed by atoms with Crippen LogP contribution < -0.4 is 10.1 Å². The van der Waals surface area contributed by atoms with Crippen molar-refractivity contribution in [2.45, 2.75) is 25.5 Å². The highest BCUT2D eigenvalue weighted by molar-refractivity contribution is 5.81. The maximum Gasteiger partial charge on any atom is 0.246 e. The number of amides is 1. The molecule has 2 N–H and O–H groups in total. The number of aliphatic hydroxyl groups excluding tert-OH is 1. The van der Waals surface area contributed by atoms with Gasteiger partial charge in [-0.3, -0.25) is 4.79 Å². The van der Waals surface area contributed by atoms with Crippen LogP contribution in [0.4, 0.5) is 4.39 Å². The van der Waals surface area contributed by atoms with Crippen molar-refractivity contribution in [3.05, 3.63) is 90.4 Å². The molecule has 0 unspecified atom stereocenters. The molecule has 7 heteroatoms. The van der Waals surface area contributed by atoms with Crippen LogP contribution in [0.25, 0.3) is 16.6 Å². The molecule has 0 aliphatic rings. The number of hydrogen-bond donors (Lipinski definition) is 2. The van der Waals surface area contributed by atoms with Gasteiger partial charge in [0.05, 0.1) is 23.4 Å². The first-order chi connectivity index (χ1) is 15.5. The summed E-state index contributed by atoms with van der Waals surface area (Å²) in [6, 6.07) is 21.3. The fraction of sp³-hybridized carbons (Fsp3) is 0.200. The van der Waals surface area contributed by atoms with Crippen molar-refractivity contribution in [3.63, 3.8) is 0 Å². The fourth-order valence-corrected chi connectivity index (χ4v) is 3.61. The number of ether oxygens (including phenoxy) is 1. The normalized spacial score (nSPS) is 13.0. The number of halogens is 1. The van der Waals surface area contributed by atoms with E-state index in [9.17, 15) is 9.18 Å². The Morgan fingerprint density at radius 2 is 1.88 bits per heavy atom. The first-order valence-corrected chi connectivity index (χ1v) is 10.4. The largest absolute Gasteiger partial charge is 0.488 e. The third-order valence-electron chi connectivity index (χ3n) is 5.27. The number of aliphatic hydroxyl groups is 1. The van der Waals surface area contributed by atoms with Crippen LogP contribution in [0.5, 0.6) is 5.75 Å². The predicted octanol–water partition coefficient (Wildman–Crippen LogP) is 3.65. The second-order valence-corrected chi connectivity index (χ2v) is 7.61. The third-order valence-corrected chi connectivity index (χ3v) is 5.27. The van der Waals surface area contributed by atoms with Gasteiger partial charge < -0.3 is 15.2 Å². The lowest BCUT2D eigenvalue weighted by Crippen LogP contribution is -2.46. The molecule has 0 radical (unpaired) electrons. The Hall–Kier alpha value is -3.71. The molecule has 2 atom stereocenters. The number of carbonyl (C=O) groups excluding carboxylic acids is 1. The summed E-state index contributed by atoms with van der Waals surface area (Å²) in [5.41, 5.74) is 2.70. The second kappa shape index (κ2) is 9.62. The summed E-state index contributed by atoms with van der Waals surface area (Å²) in [6.45, 7) is 1.28. The molecule has 0 spiro atoms. The second-order valence-electron chi connectivity index (χ2n) is 7.61. The van der Waals surface area contributed by atoms with Crippen molar-refractivity contribution in [1.82, 2.24) is 15.1 Å². The monoisotopic (exact) mass is 433 g/mol. The number of aromatic nitrogens is 2. The first kappa shape index (κ1) is 21.5. The molecule has 32 heavy (non-hydrogen) atoms. The van der Waals surface area contributed by atoms with Gasteiger partial charge >= 0.3 is 0 Å². The van der Waals surface area contributed by atoms with E-state index in [1.807, 2.05) is 55.5 Å². The van der Waals surface area contributed by atoms with Crippen molar-refractivity contribution in [1.29, 1.82) is 0 Å². The molecule has 164 valence electrons. The van der Waals surface area contributed by atoms with E-state index >= 15 is 0 Å². The highest BCUT2D eigenvalue weighted by Gasteiger charge is 2.22. The van der Waals surface area contributed by atoms with E-state index in [0.29, 0.717) is 12.2 Å². The van der Waals surface area contributed by atoms with Gasteiger partial charge in [-0.2, -0.15) is 5.10 Å². The van der Waals surface area contributed by atoms with E-state index in [1.54, 1.807) is 23.0 Å². The zero-order chi connectivity index (χ0) is 22.5. The number of benzene rings is 3. The standard InChI is InChI=1S/C25H24FN3O3/c1-17(28-25(31)16-30)24(13-18-5-3-2-4-6-18)32-22-11-12-23-19(14-22)15-27-29(23)21-9-7-20(26)8-10-21/h2-12,14-15,17,24,30H,13,16H2,1H3,(H,28,31)/t17-,24+/m0/s1. The number of hydrogen-bond acceptors (Lipinski definition) is 4. The SMILES string of the molecule is C[C@H](NC(=O)CO)[C@@H](Cc1ccccc1)Oc1ccc2c(cnn2-c2ccc(F)cc2)c1. The van der Waals surface area contributed by atoms with Gasteiger partial charge in [-0.05, 0) is 55.0 Å². The third kappa shape index (κ3) is 4.95. The van der Waals surface area contributed by atoms with Gasteiger partial charge in [-0.1, -0.05) is 30.3 Å². The average Bonchev–Trinajstić information content (AvgIpc) is 3.23. The van der Waals surface area contributed by atoms with E-state index in [0.717, 1.165) is 22.2 Å². The lowest BCUT2D eigenvalue weighted by atomic mass is 10.0. The van der Waals surface area contributed by atoms with Gasteiger partial charge in [-0.25, -0.2) is 9.07 Å². The van der Waals surface area contributed by atoms with Crippen molar-refractivity contribution < 1.29 is 19.0 Å². The zero-order valence-electron chi connectivity index (χ0n) is 17.6. The molecule has 3 aromatic carbocycles. The highest BCUT2D eigenvalue weighted by Crippen LogP contribution is 2.25. The Labute approximate surface area is 185 Å². The van der Waals surface area contributed by atoms with Crippen molar-refractivity contribution >= 4 is 16.8 Å². The van der Waals surface area contributed by atoms with Crippen LogP contribution in [0.1, 0.15) is 12.5 Å². The number of rotatable bonds is 8. The van der Waals surface area contributed by atoms with Gasteiger partial charge in [0.2, 0.25) is 5.91 Å². The van der Waals surface area contributed by atoms with Crippen LogP contribution >= 0.6 is 0 Å². The lowest BCUT2D eigenvalue weighted by Gasteiger charge is -2.26. The average molecular weight is 433 g/mol. The van der Waals surface area contributed by atoms with E-state index < -0.39 is 12.5 Å². The summed E-state index contributed by atoms with van der Waals surface area (Å²) in [5.74, 6) is -0.106. The minimum absolute atomic E-state index is 0.298. The number of fused-ring (bicyclic) bond motifs is 1. The van der Waals surface area contributed by atoms with Gasteiger partial charge in [0.25, 0.3) is 0 Å². The molecule has 4 rings (SSSR count). The van der Waals surface area contributed by atoms with Crippen LogP contribution in [0.2, 0.25) is 0 Å². The fourth-order valence-electron chi connectivity index (χ4n) is 3.61. The van der Waals surface area contributed by atoms with Gasteiger partial charge in [-0.15, -0.1) is 0 Å². The van der Waals surface area contributed by atoms with Gasteiger partial charge in [0, 0.05) is 11.8 Å². The Morgan fingerprint density at radius 1 is 1.12 bits per heavy atom. The van der Waals surface area contributed by atoms with E-state index in [-0.39, 0.29) is 18.0 Å². The molecule has 6 nitrogen and oxygen atoms in total. The zero-order valence-corrected chi connectivity index (χ0v) is 17.6. The highest BCUT2D eigenvalue weighted by atomic mass is 19.1. The van der Waals surface area contributed by atoms with Crippen molar-refractivity contribution in [2.24, 2.45) is 0 Å². The molecule has 0 saturated heterocycles. The van der Waals surface area contributed by atoms with Crippen LogP contribution in [-0.2, 0) is 11.2 Å². The smallest absolute Gasteiger partial charge is 0.246 e. The van der Waals surface area contributed by atoms with Crippen LogP contribution in [0.15, 0.2) is 79.0 Å². The molecular weight excluding hydrogens is 409 g/mol. The lowest BCUT2D eigenvalue weighted by molar-refractivity contribution is -0.125. The summed E-state index contributed by atoms with van der Waals surface area (Å²) < 4.78 is 21.3. The quantitative estimate of drug-likeness (QED) is 0.445. The number of nitrogens with one attached hydrogen (secondary N) is 1. The van der Waals surface area contributed by atoms with E-state index in [1.165, 1.54) is 12.1 Å². The van der Waals surface area contributed by atoms with E-state index in [4.69, 9.17) is 9.84 Å². The Kier molecular flexibility index (Phi) is 6.47. The first-order valence-electron chi connectivity index (χ1n) is 10.4. The van der Waals surface area contributed by atoms with Crippen molar-refractivity contribution in [3.8, 4) is 11.4 Å². The molecule has 0 saturated carbocycles. The summed E-state index contributed by atoms with van der Waals surface area (Å²) in [4.78, 5) is 11.7. The maximum absolute atomic E-state index is 13.3. The molecule has 0 aliphatic carbocycles. The summed E-state index contributed by atoms with van der Waals surface area (Å²) in [5, 5.41) is 17.2. The molecule has 1 heterocycles. The minimum Gasteiger partial charge on any atom is -0.488 e. The minimum atomic E-state index is -0.572. The molecule has 0 bridgehead atoms. The number of nitrogens with zero attached hydrogens (tertiary/aromatic N) is 2. The molecule has 1 amide bonds. The molecule has 1 aromatic heterocycles. The Bertz CT molecular complexity index is 1190. The molecule has 0 aliphatic heterocycles. The molecule has 4 aromatic rings. The Balaban J connectivity index is 1.58. The van der Waals surface area contributed by atoms with Crippen LogP contribution in [0, 0.1) is 5.82 Å². The molecular formula is C25H24FN3O3. The van der Waals surface area contributed by atoms with E-state index in [2.05, 4.69) is 10.4 Å². The summed E-state index contributed by atoms with van der Waals surface area (Å²) >= 11 is 0. The van der Waals surface area contributed by atoms with Gasteiger partial charge in [0.1, 0.15) is 24.3 Å². The van der Waals surface area contributed by atoms with Crippen LogP contribution in [-0.4, -0.2) is 39.5 Å². The van der Waals surface area contributed by atoms with Crippen LogP contribution in [0.3, 0.4) is 0 Å². The maximum atomic E-state index is 13.3. The number of carbonyl (C=O) groups is 1. The van der Waals surface area contributed by atoms with Crippen molar-refractivity contribution in [2.75, 3.05) is 6.61 Å². The Morgan fingerprint density at radius 3 is 2.59 bits per heavy atom. The molecule has 0 fully saturated rings.